The normalized spacial score (nSPS) is 31.0. The van der Waals surface area contributed by atoms with Crippen molar-refractivity contribution in [3.05, 3.63) is 29.3 Å². The van der Waals surface area contributed by atoms with E-state index in [0.717, 1.165) is 17.7 Å². The Kier molecular flexibility index (Phi) is 5.14. The van der Waals surface area contributed by atoms with E-state index in [-0.39, 0.29) is 0 Å². The largest absolute Gasteiger partial charge is 0.497 e. The number of carbonyl (C=O) groups excluding carboxylic acids is 1. The molecule has 4 rings (SSSR count). The lowest BCUT2D eigenvalue weighted by molar-refractivity contribution is -0.126. The fourth-order valence-electron chi connectivity index (χ4n) is 5.30. The Labute approximate surface area is 145 Å². The van der Waals surface area contributed by atoms with E-state index < -0.39 is 0 Å². The molecular formula is C20H29NO3. The van der Waals surface area contributed by atoms with Gasteiger partial charge in [0.25, 0.3) is 6.47 Å². The van der Waals surface area contributed by atoms with Crippen molar-refractivity contribution in [1.29, 1.82) is 0 Å². The highest BCUT2D eigenvalue weighted by Gasteiger charge is 2.53. The number of nitrogens with zero attached hydrogens (tertiary/aromatic N) is 1. The van der Waals surface area contributed by atoms with Crippen LogP contribution in [0.25, 0.3) is 0 Å². The highest BCUT2D eigenvalue weighted by atomic mass is 16.5. The molecule has 1 aromatic rings. The average Bonchev–Trinajstić information content (AvgIpc) is 2.64. The number of likely N-dealkylation sites (N-methyl/N-ethyl adjacent to an activating group) is 1. The van der Waals surface area contributed by atoms with Crippen molar-refractivity contribution < 1.29 is 14.3 Å². The molecular weight excluding hydrogens is 302 g/mol. The van der Waals surface area contributed by atoms with Crippen LogP contribution in [0.5, 0.6) is 5.75 Å². The van der Waals surface area contributed by atoms with E-state index >= 15 is 0 Å². The van der Waals surface area contributed by atoms with Gasteiger partial charge in [-0.1, -0.05) is 18.9 Å². The monoisotopic (exact) mass is 331 g/mol. The molecule has 3 aliphatic rings. The summed E-state index contributed by atoms with van der Waals surface area (Å²) in [5.74, 6) is 1.91. The first-order valence-corrected chi connectivity index (χ1v) is 9.00. The third-order valence-electron chi connectivity index (χ3n) is 6.42. The van der Waals surface area contributed by atoms with Crippen molar-refractivity contribution in [3.63, 3.8) is 0 Å². The fraction of sp³-hybridized carbons (Fsp3) is 0.650. The van der Waals surface area contributed by atoms with Crippen LogP contribution in [0.15, 0.2) is 18.2 Å². The summed E-state index contributed by atoms with van der Waals surface area (Å²) in [5.41, 5.74) is 3.67. The number of hydrogen-bond acceptors (Lipinski definition) is 4. The van der Waals surface area contributed by atoms with Crippen molar-refractivity contribution in [1.82, 2.24) is 4.90 Å². The second-order valence-corrected chi connectivity index (χ2v) is 7.37. The minimum atomic E-state index is 0.375. The first kappa shape index (κ1) is 17.3. The number of fused-ring (bicyclic) bond motifs is 1. The summed E-state index contributed by atoms with van der Waals surface area (Å²) in [4.78, 5) is 11.6. The molecule has 2 bridgehead atoms. The lowest BCUT2D eigenvalue weighted by atomic mass is 9.52. The summed E-state index contributed by atoms with van der Waals surface area (Å²) in [7, 11) is 5.43. The Bertz CT molecular complexity index is 588. The lowest BCUT2D eigenvalue weighted by Gasteiger charge is -2.58. The standard InChI is InChI=1S/C18H25NO.C2H4O2/c1-19-10-9-18-8-4-3-5-15(18)17(19)11-13-6-7-14(20-2)12-16(13)18;1-4-2-3/h6-7,12,15,17H,3-5,8-11H2,1-2H3;2H,1H3/t15-,17+,18+;/m1./s1. The van der Waals surface area contributed by atoms with Gasteiger partial charge in [-0.25, -0.2) is 0 Å². The maximum absolute atomic E-state index is 8.95. The Morgan fingerprint density at radius 1 is 1.25 bits per heavy atom. The van der Waals surface area contributed by atoms with Crippen LogP contribution < -0.4 is 4.74 Å². The molecule has 1 heterocycles. The Morgan fingerprint density at radius 2 is 2.04 bits per heavy atom. The maximum Gasteiger partial charge on any atom is 0.292 e. The molecule has 0 aromatic heterocycles. The zero-order valence-electron chi connectivity index (χ0n) is 15.1. The number of likely N-dealkylation sites (tertiary alicyclic amines) is 1. The first-order valence-electron chi connectivity index (χ1n) is 9.00. The Morgan fingerprint density at radius 3 is 2.75 bits per heavy atom. The fourth-order valence-corrected chi connectivity index (χ4v) is 5.30. The molecule has 0 radical (unpaired) electrons. The summed E-state index contributed by atoms with van der Waals surface area (Å²) in [5, 5.41) is 0. The van der Waals surface area contributed by atoms with Crippen LogP contribution in [0.3, 0.4) is 0 Å². The van der Waals surface area contributed by atoms with Crippen molar-refractivity contribution >= 4 is 6.47 Å². The van der Waals surface area contributed by atoms with Gasteiger partial charge in [0.2, 0.25) is 0 Å². The molecule has 1 saturated carbocycles. The molecule has 0 N–H and O–H groups in total. The quantitative estimate of drug-likeness (QED) is 0.780. The minimum absolute atomic E-state index is 0.375. The number of hydrogen-bond donors (Lipinski definition) is 0. The maximum atomic E-state index is 8.95. The van der Waals surface area contributed by atoms with Crippen LogP contribution in [-0.2, 0) is 21.4 Å². The predicted molar refractivity (Wildman–Crippen MR) is 94.4 cm³/mol. The van der Waals surface area contributed by atoms with E-state index in [0.29, 0.717) is 11.9 Å². The Hall–Kier alpha value is -1.55. The van der Waals surface area contributed by atoms with Crippen LogP contribution in [0.1, 0.15) is 43.2 Å². The van der Waals surface area contributed by atoms with Gasteiger partial charge in [0.15, 0.2) is 0 Å². The minimum Gasteiger partial charge on any atom is -0.497 e. The highest BCUT2D eigenvalue weighted by Crippen LogP contribution is 2.55. The second-order valence-electron chi connectivity index (χ2n) is 7.37. The topological polar surface area (TPSA) is 38.8 Å². The van der Waals surface area contributed by atoms with Gasteiger partial charge in [0.05, 0.1) is 14.2 Å². The summed E-state index contributed by atoms with van der Waals surface area (Å²) in [6.45, 7) is 1.64. The molecule has 4 heteroatoms. The van der Waals surface area contributed by atoms with Gasteiger partial charge < -0.3 is 14.4 Å². The van der Waals surface area contributed by atoms with E-state index in [1.807, 2.05) is 0 Å². The van der Waals surface area contributed by atoms with E-state index in [4.69, 9.17) is 9.53 Å². The van der Waals surface area contributed by atoms with Gasteiger partial charge in [-0.15, -0.1) is 0 Å². The third-order valence-corrected chi connectivity index (χ3v) is 6.42. The highest BCUT2D eigenvalue weighted by molar-refractivity contribution is 5.45. The van der Waals surface area contributed by atoms with Gasteiger partial charge in [-0.2, -0.15) is 0 Å². The second kappa shape index (κ2) is 7.14. The van der Waals surface area contributed by atoms with E-state index in [1.165, 1.54) is 52.2 Å². The predicted octanol–water partition coefficient (Wildman–Crippen LogP) is 3.17. The summed E-state index contributed by atoms with van der Waals surface area (Å²) in [6, 6.07) is 7.60. The molecule has 24 heavy (non-hydrogen) atoms. The first-order chi connectivity index (χ1) is 11.7. The van der Waals surface area contributed by atoms with Crippen molar-refractivity contribution in [2.75, 3.05) is 27.8 Å². The Balaban J connectivity index is 0.000000383. The number of carbonyl (C=O) groups is 1. The third kappa shape index (κ3) is 2.81. The molecule has 3 atom stereocenters. The molecule has 0 spiro atoms. The molecule has 1 saturated heterocycles. The molecule has 0 amide bonds. The van der Waals surface area contributed by atoms with Crippen LogP contribution in [0.4, 0.5) is 0 Å². The van der Waals surface area contributed by atoms with Crippen LogP contribution in [0.2, 0.25) is 0 Å². The number of ether oxygens (including phenoxy) is 2. The SMILES string of the molecule is COC=O.COc1ccc2c(c1)[C@]13CCCC[C@@H]1[C@H](C2)N(C)CC3. The number of rotatable bonds is 2. The smallest absolute Gasteiger partial charge is 0.292 e. The van der Waals surface area contributed by atoms with Crippen LogP contribution >= 0.6 is 0 Å². The van der Waals surface area contributed by atoms with E-state index in [1.54, 1.807) is 18.2 Å². The molecule has 1 aromatic carbocycles. The summed E-state index contributed by atoms with van der Waals surface area (Å²) in [6.07, 6.45) is 8.22. The number of methoxy groups -OCH3 is 2. The van der Waals surface area contributed by atoms with Crippen LogP contribution in [0, 0.1) is 5.92 Å². The van der Waals surface area contributed by atoms with Gasteiger partial charge in [-0.3, -0.25) is 4.79 Å². The average molecular weight is 331 g/mol. The van der Waals surface area contributed by atoms with Crippen molar-refractivity contribution in [2.45, 2.75) is 50.0 Å². The molecule has 132 valence electrons. The molecule has 0 unspecified atom stereocenters. The van der Waals surface area contributed by atoms with E-state index in [2.05, 4.69) is 34.9 Å². The van der Waals surface area contributed by atoms with Gasteiger partial charge in [0.1, 0.15) is 5.75 Å². The summed E-state index contributed by atoms with van der Waals surface area (Å²) >= 11 is 0. The molecule has 1 aliphatic heterocycles. The van der Waals surface area contributed by atoms with Crippen LogP contribution in [-0.4, -0.2) is 45.2 Å². The van der Waals surface area contributed by atoms with E-state index in [9.17, 15) is 0 Å². The number of piperidine rings is 1. The van der Waals surface area contributed by atoms with Crippen molar-refractivity contribution in [2.24, 2.45) is 5.92 Å². The summed E-state index contributed by atoms with van der Waals surface area (Å²) < 4.78 is 9.37. The van der Waals surface area contributed by atoms with Gasteiger partial charge in [0, 0.05) is 11.5 Å². The van der Waals surface area contributed by atoms with Gasteiger partial charge in [-0.05, 0) is 68.5 Å². The van der Waals surface area contributed by atoms with Crippen molar-refractivity contribution in [3.8, 4) is 5.75 Å². The molecule has 2 fully saturated rings. The molecule has 2 aliphatic carbocycles. The molecule has 4 nitrogen and oxygen atoms in total. The number of benzene rings is 1. The zero-order chi connectivity index (χ0) is 17.2. The lowest BCUT2D eigenvalue weighted by Crippen LogP contribution is -2.59. The zero-order valence-corrected chi connectivity index (χ0v) is 15.1. The van der Waals surface area contributed by atoms with Gasteiger partial charge >= 0.3 is 0 Å².